The van der Waals surface area contributed by atoms with Crippen molar-refractivity contribution in [3.63, 3.8) is 0 Å². The number of rotatable bonds is 5. The molecule has 0 bridgehead atoms. The second-order valence-electron chi connectivity index (χ2n) is 4.90. The maximum Gasteiger partial charge on any atom is 0.256 e. The second-order valence-corrected chi connectivity index (χ2v) is 4.90. The largest absolute Gasteiger partial charge is 0.378 e. The highest BCUT2D eigenvalue weighted by atomic mass is 16.3. The third-order valence-corrected chi connectivity index (χ3v) is 3.60. The van der Waals surface area contributed by atoms with E-state index in [9.17, 15) is 9.90 Å². The molecule has 3 N–H and O–H groups in total. The average Bonchev–Trinajstić information content (AvgIpc) is 3.23. The molecule has 0 saturated heterocycles. The van der Waals surface area contributed by atoms with Crippen LogP contribution in [0, 0.1) is 5.92 Å². The van der Waals surface area contributed by atoms with Crippen LogP contribution in [-0.2, 0) is 4.79 Å². The first-order valence-corrected chi connectivity index (χ1v) is 6.35. The molecule has 18 heavy (non-hydrogen) atoms. The van der Waals surface area contributed by atoms with E-state index < -0.39 is 6.10 Å². The Balaban J connectivity index is 2.06. The molecule has 0 radical (unpaired) electrons. The molecule has 1 aliphatic carbocycles. The molecule has 0 heterocycles. The molecule has 1 aromatic rings. The summed E-state index contributed by atoms with van der Waals surface area (Å²) in [5.74, 6) is 0.232. The van der Waals surface area contributed by atoms with E-state index >= 15 is 0 Å². The van der Waals surface area contributed by atoms with Crippen LogP contribution in [0.25, 0.3) is 0 Å². The number of carbonyl (C=O) groups excluding carboxylic acids is 1. The van der Waals surface area contributed by atoms with Crippen LogP contribution in [-0.4, -0.2) is 35.5 Å². The summed E-state index contributed by atoms with van der Waals surface area (Å²) in [4.78, 5) is 13.8. The average molecular weight is 248 g/mol. The fourth-order valence-corrected chi connectivity index (χ4v) is 2.28. The minimum absolute atomic E-state index is 0.0517. The summed E-state index contributed by atoms with van der Waals surface area (Å²) in [6.07, 6.45) is 1.16. The van der Waals surface area contributed by atoms with Crippen LogP contribution in [0.3, 0.4) is 0 Å². The Morgan fingerprint density at radius 3 is 2.56 bits per heavy atom. The second kappa shape index (κ2) is 5.50. The van der Waals surface area contributed by atoms with Gasteiger partial charge in [-0.1, -0.05) is 30.3 Å². The van der Waals surface area contributed by atoms with E-state index in [4.69, 9.17) is 5.73 Å². The molecule has 2 atom stereocenters. The molecule has 1 amide bonds. The molecule has 0 aliphatic heterocycles. The third-order valence-electron chi connectivity index (χ3n) is 3.60. The Morgan fingerprint density at radius 2 is 2.06 bits per heavy atom. The van der Waals surface area contributed by atoms with Crippen LogP contribution < -0.4 is 5.73 Å². The van der Waals surface area contributed by atoms with E-state index in [-0.39, 0.29) is 11.9 Å². The number of amides is 1. The topological polar surface area (TPSA) is 66.6 Å². The number of hydrogen-bond acceptors (Lipinski definition) is 3. The Bertz CT molecular complexity index is 404. The maximum absolute atomic E-state index is 12.2. The van der Waals surface area contributed by atoms with Gasteiger partial charge >= 0.3 is 0 Å². The smallest absolute Gasteiger partial charge is 0.256 e. The molecular formula is C14H20N2O2. The molecule has 1 fully saturated rings. The minimum atomic E-state index is -1.09. The van der Waals surface area contributed by atoms with E-state index in [0.717, 1.165) is 12.8 Å². The molecule has 4 nitrogen and oxygen atoms in total. The highest BCUT2D eigenvalue weighted by Gasteiger charge is 2.36. The molecule has 1 saturated carbocycles. The Labute approximate surface area is 107 Å². The van der Waals surface area contributed by atoms with Gasteiger partial charge in [-0.25, -0.2) is 0 Å². The lowest BCUT2D eigenvalue weighted by molar-refractivity contribution is -0.141. The van der Waals surface area contributed by atoms with E-state index in [1.165, 1.54) is 0 Å². The number of nitrogens with zero attached hydrogens (tertiary/aromatic N) is 1. The highest BCUT2D eigenvalue weighted by molar-refractivity contribution is 5.82. The number of benzene rings is 1. The molecule has 98 valence electrons. The summed E-state index contributed by atoms with van der Waals surface area (Å²) in [6, 6.07) is 9.05. The number of hydrogen-bond donors (Lipinski definition) is 2. The van der Waals surface area contributed by atoms with E-state index in [1.54, 1.807) is 24.1 Å². The molecule has 1 aliphatic rings. The zero-order valence-corrected chi connectivity index (χ0v) is 10.6. The van der Waals surface area contributed by atoms with Crippen molar-refractivity contribution in [1.82, 2.24) is 4.90 Å². The van der Waals surface area contributed by atoms with Gasteiger partial charge in [0.2, 0.25) is 0 Å². The van der Waals surface area contributed by atoms with Crippen LogP contribution in [0.1, 0.15) is 24.5 Å². The first-order chi connectivity index (χ1) is 8.65. The Hall–Kier alpha value is -1.39. The summed E-state index contributed by atoms with van der Waals surface area (Å²) >= 11 is 0. The van der Waals surface area contributed by atoms with Crippen LogP contribution in [0.4, 0.5) is 0 Å². The number of nitrogens with two attached hydrogens (primary N) is 1. The molecule has 0 aromatic heterocycles. The van der Waals surface area contributed by atoms with Crippen molar-refractivity contribution in [3.05, 3.63) is 35.9 Å². The predicted octanol–water partition coefficient (Wildman–Crippen LogP) is 0.916. The normalized spacial score (nSPS) is 18.2. The number of likely N-dealkylation sites (N-methyl/N-ethyl adjacent to an activating group) is 1. The van der Waals surface area contributed by atoms with Crippen molar-refractivity contribution in [2.45, 2.75) is 25.0 Å². The number of aliphatic hydroxyl groups excluding tert-OH is 1. The molecule has 2 unspecified atom stereocenters. The van der Waals surface area contributed by atoms with Gasteiger partial charge in [0.05, 0.1) is 0 Å². The summed E-state index contributed by atoms with van der Waals surface area (Å²) < 4.78 is 0. The first kappa shape index (κ1) is 13.1. The standard InChI is InChI=1S/C14H20N2O2/c1-16(12(9-15)10-7-8-10)14(18)13(17)11-5-3-2-4-6-11/h2-6,10,12-13,17H,7-9,15H2,1H3. The van der Waals surface area contributed by atoms with Crippen molar-refractivity contribution >= 4 is 5.91 Å². The number of carbonyl (C=O) groups is 1. The predicted molar refractivity (Wildman–Crippen MR) is 69.7 cm³/mol. The van der Waals surface area contributed by atoms with Gasteiger partial charge in [-0.15, -0.1) is 0 Å². The fraction of sp³-hybridized carbons (Fsp3) is 0.500. The minimum Gasteiger partial charge on any atom is -0.378 e. The van der Waals surface area contributed by atoms with Crippen LogP contribution in [0.15, 0.2) is 30.3 Å². The lowest BCUT2D eigenvalue weighted by Crippen LogP contribution is -2.45. The monoisotopic (exact) mass is 248 g/mol. The van der Waals surface area contributed by atoms with Crippen molar-refractivity contribution in [2.24, 2.45) is 11.7 Å². The fourth-order valence-electron chi connectivity index (χ4n) is 2.28. The summed E-state index contributed by atoms with van der Waals surface area (Å²) in [5.41, 5.74) is 6.34. The van der Waals surface area contributed by atoms with Gasteiger partial charge in [0.15, 0.2) is 6.10 Å². The number of aliphatic hydroxyl groups is 1. The van der Waals surface area contributed by atoms with E-state index in [2.05, 4.69) is 0 Å². The summed E-state index contributed by atoms with van der Waals surface area (Å²) in [5, 5.41) is 10.1. The third kappa shape index (κ3) is 2.71. The van der Waals surface area contributed by atoms with Crippen molar-refractivity contribution in [2.75, 3.05) is 13.6 Å². The molecular weight excluding hydrogens is 228 g/mol. The molecule has 4 heteroatoms. The molecule has 2 rings (SSSR count). The van der Waals surface area contributed by atoms with Crippen molar-refractivity contribution in [3.8, 4) is 0 Å². The van der Waals surface area contributed by atoms with E-state index in [0.29, 0.717) is 18.0 Å². The SMILES string of the molecule is CN(C(=O)C(O)c1ccccc1)C(CN)C1CC1. The van der Waals surface area contributed by atoms with Gasteiger partial charge in [0.1, 0.15) is 0 Å². The van der Waals surface area contributed by atoms with Gasteiger partial charge in [-0.2, -0.15) is 0 Å². The van der Waals surface area contributed by atoms with Gasteiger partial charge in [0, 0.05) is 19.6 Å². The van der Waals surface area contributed by atoms with Crippen molar-refractivity contribution < 1.29 is 9.90 Å². The maximum atomic E-state index is 12.2. The quantitative estimate of drug-likeness (QED) is 0.814. The zero-order valence-electron chi connectivity index (χ0n) is 10.6. The van der Waals surface area contributed by atoms with Crippen LogP contribution in [0.2, 0.25) is 0 Å². The van der Waals surface area contributed by atoms with Gasteiger partial charge in [0.25, 0.3) is 5.91 Å². The summed E-state index contributed by atoms with van der Waals surface area (Å²) in [6.45, 7) is 0.453. The zero-order chi connectivity index (χ0) is 13.1. The van der Waals surface area contributed by atoms with Gasteiger partial charge < -0.3 is 15.7 Å². The van der Waals surface area contributed by atoms with Gasteiger partial charge in [-0.3, -0.25) is 4.79 Å². The summed E-state index contributed by atoms with van der Waals surface area (Å²) in [7, 11) is 1.73. The lowest BCUT2D eigenvalue weighted by Gasteiger charge is -2.29. The van der Waals surface area contributed by atoms with Crippen molar-refractivity contribution in [1.29, 1.82) is 0 Å². The lowest BCUT2D eigenvalue weighted by atomic mass is 10.1. The van der Waals surface area contributed by atoms with Crippen LogP contribution >= 0.6 is 0 Å². The Morgan fingerprint density at radius 1 is 1.44 bits per heavy atom. The van der Waals surface area contributed by atoms with Gasteiger partial charge in [-0.05, 0) is 24.3 Å². The molecule has 1 aromatic carbocycles. The Kier molecular flexibility index (Phi) is 3.99. The van der Waals surface area contributed by atoms with Crippen LogP contribution in [0.5, 0.6) is 0 Å². The molecule has 0 spiro atoms. The van der Waals surface area contributed by atoms with E-state index in [1.807, 2.05) is 18.2 Å². The first-order valence-electron chi connectivity index (χ1n) is 6.35. The highest BCUT2D eigenvalue weighted by Crippen LogP contribution is 2.35.